The first-order valence-electron chi connectivity index (χ1n) is 23.4. The van der Waals surface area contributed by atoms with E-state index in [1.54, 1.807) is 0 Å². The van der Waals surface area contributed by atoms with Crippen LogP contribution >= 0.6 is 7.82 Å². The number of allylic oxidation sites excluding steroid dienone is 2. The molecule has 2 bridgehead atoms. The lowest BCUT2D eigenvalue weighted by molar-refractivity contribution is -0.870. The molecule has 0 radical (unpaired) electrons. The summed E-state index contributed by atoms with van der Waals surface area (Å²) < 4.78 is 34.0. The van der Waals surface area contributed by atoms with Crippen LogP contribution in [0.2, 0.25) is 0 Å². The summed E-state index contributed by atoms with van der Waals surface area (Å²) in [6, 6.07) is 0. The molecule has 2 fully saturated rings. The van der Waals surface area contributed by atoms with Crippen LogP contribution < -0.4 is 4.89 Å². The molecule has 0 aromatic rings. The second-order valence-corrected chi connectivity index (χ2v) is 19.3. The first kappa shape index (κ1) is 53.5. The fourth-order valence-electron chi connectivity index (χ4n) is 7.61. The molecule has 1 saturated heterocycles. The van der Waals surface area contributed by atoms with Crippen molar-refractivity contribution in [3.8, 4) is 0 Å². The van der Waals surface area contributed by atoms with Crippen molar-refractivity contribution in [3.05, 3.63) is 24.3 Å². The lowest BCUT2D eigenvalue weighted by atomic mass is 9.89. The number of carbonyl (C=O) groups excluding carboxylic acids is 2. The van der Waals surface area contributed by atoms with E-state index >= 15 is 0 Å². The fourth-order valence-corrected chi connectivity index (χ4v) is 8.34. The Labute approximate surface area is 358 Å². The number of quaternary nitrogens is 1. The number of aliphatic hydroxyl groups is 1. The van der Waals surface area contributed by atoms with Gasteiger partial charge in [0.25, 0.3) is 7.82 Å². The van der Waals surface area contributed by atoms with Crippen LogP contribution in [0, 0.1) is 11.8 Å². The van der Waals surface area contributed by atoms with Gasteiger partial charge in [-0.1, -0.05) is 147 Å². The highest BCUT2D eigenvalue weighted by molar-refractivity contribution is 7.45. The zero-order valence-corrected chi connectivity index (χ0v) is 38.6. The largest absolute Gasteiger partial charge is 0.756 e. The minimum absolute atomic E-state index is 0.00204. The summed E-state index contributed by atoms with van der Waals surface area (Å²) in [5, 5.41) is 10.4. The van der Waals surface area contributed by atoms with Gasteiger partial charge in [-0.15, -0.1) is 0 Å². The number of hydrogen-bond acceptors (Lipinski definition) is 11. The molecule has 59 heavy (non-hydrogen) atoms. The van der Waals surface area contributed by atoms with Crippen LogP contribution in [-0.4, -0.2) is 93.5 Å². The van der Waals surface area contributed by atoms with Crippen molar-refractivity contribution in [1.29, 1.82) is 0 Å². The number of aliphatic hydroxyl groups excluding tert-OH is 1. The SMILES string of the molecule is CCCCCCCCCCCCCCCCCC(=O)OCC(COP(=O)([O-])OCC[N+](C)(C)C)OC(=O)CCC/C=C\CC1C2CC(OO2)C1/C=C/C(O)CCCCC. The number of rotatable bonds is 38. The van der Waals surface area contributed by atoms with Crippen molar-refractivity contribution in [2.24, 2.45) is 11.8 Å². The second kappa shape index (κ2) is 32.1. The third-order valence-corrected chi connectivity index (χ3v) is 12.3. The number of hydrogen-bond donors (Lipinski definition) is 1. The van der Waals surface area contributed by atoms with Gasteiger partial charge in [0.05, 0.1) is 40.0 Å². The van der Waals surface area contributed by atoms with Crippen LogP contribution in [0.1, 0.15) is 174 Å². The number of carbonyl (C=O) groups is 2. The molecule has 1 aliphatic heterocycles. The predicted octanol–water partition coefficient (Wildman–Crippen LogP) is 9.86. The molecule has 2 aliphatic rings. The third-order valence-electron chi connectivity index (χ3n) is 11.3. The number of nitrogens with zero attached hydrogens (tertiary/aromatic N) is 1. The molecular weight excluding hydrogens is 773 g/mol. The monoisotopic (exact) mass is 858 g/mol. The van der Waals surface area contributed by atoms with Crippen molar-refractivity contribution in [3.63, 3.8) is 0 Å². The molecule has 0 amide bonds. The summed E-state index contributed by atoms with van der Waals surface area (Å²) in [5.74, 6) is -0.508. The molecule has 1 heterocycles. The Morgan fingerprint density at radius 3 is 1.97 bits per heavy atom. The molecule has 7 atom stereocenters. The van der Waals surface area contributed by atoms with E-state index in [0.29, 0.717) is 30.3 Å². The third kappa shape index (κ3) is 27.1. The van der Waals surface area contributed by atoms with Gasteiger partial charge in [0.2, 0.25) is 0 Å². The zero-order valence-electron chi connectivity index (χ0n) is 37.7. The van der Waals surface area contributed by atoms with Gasteiger partial charge < -0.3 is 33.0 Å². The van der Waals surface area contributed by atoms with Crippen LogP contribution in [0.25, 0.3) is 0 Å². The maximum absolute atomic E-state index is 12.8. The molecular formula is C46H84NO11P. The molecule has 1 aliphatic carbocycles. The normalized spacial score (nSPS) is 21.3. The van der Waals surface area contributed by atoms with E-state index in [0.717, 1.165) is 57.8 Å². The average Bonchev–Trinajstić information content (AvgIpc) is 3.79. The summed E-state index contributed by atoms with van der Waals surface area (Å²) >= 11 is 0. The Kier molecular flexibility index (Phi) is 29.1. The second-order valence-electron chi connectivity index (χ2n) is 17.9. The first-order chi connectivity index (χ1) is 28.3. The van der Waals surface area contributed by atoms with E-state index < -0.39 is 38.6 Å². The zero-order chi connectivity index (χ0) is 43.2. The van der Waals surface area contributed by atoms with E-state index in [9.17, 15) is 24.2 Å². The highest BCUT2D eigenvalue weighted by Gasteiger charge is 2.49. The van der Waals surface area contributed by atoms with E-state index in [-0.39, 0.29) is 50.1 Å². The van der Waals surface area contributed by atoms with Crippen LogP contribution in [0.5, 0.6) is 0 Å². The Balaban J connectivity index is 1.71. The van der Waals surface area contributed by atoms with Crippen molar-refractivity contribution >= 4 is 19.8 Å². The fraction of sp³-hybridized carbons (Fsp3) is 0.870. The van der Waals surface area contributed by atoms with Crippen molar-refractivity contribution in [2.45, 2.75) is 199 Å². The van der Waals surface area contributed by atoms with Gasteiger partial charge in [-0.05, 0) is 32.1 Å². The van der Waals surface area contributed by atoms with Crippen LogP contribution in [-0.2, 0) is 42.5 Å². The van der Waals surface area contributed by atoms with Gasteiger partial charge in [0, 0.05) is 31.1 Å². The van der Waals surface area contributed by atoms with Crippen LogP contribution in [0.3, 0.4) is 0 Å². The van der Waals surface area contributed by atoms with E-state index in [4.69, 9.17) is 28.3 Å². The van der Waals surface area contributed by atoms with Crippen molar-refractivity contribution in [2.75, 3.05) is 47.5 Å². The maximum Gasteiger partial charge on any atom is 0.306 e. The molecule has 7 unspecified atom stereocenters. The molecule has 0 aromatic heterocycles. The van der Waals surface area contributed by atoms with E-state index in [1.165, 1.54) is 70.6 Å². The summed E-state index contributed by atoms with van der Waals surface area (Å²) in [7, 11) is 1.08. The molecule has 12 nitrogen and oxygen atoms in total. The summed E-state index contributed by atoms with van der Waals surface area (Å²) in [5.41, 5.74) is 0. The average molecular weight is 858 g/mol. The number of likely N-dealkylation sites (N-methyl/N-ethyl adjacent to an activating group) is 1. The molecule has 0 spiro atoms. The molecule has 344 valence electrons. The quantitative estimate of drug-likeness (QED) is 0.0158. The first-order valence-corrected chi connectivity index (χ1v) is 24.9. The number of ether oxygens (including phenoxy) is 2. The number of phosphoric acid groups is 1. The standard InChI is InChI=1S/C46H84NO11P/c1-6-8-10-11-12-13-14-15-16-17-18-19-20-21-26-30-45(49)53-37-40(38-55-59(51,52)54-35-34-47(3,4)5)56-46(50)31-27-23-22-25-29-41-42(44-36-43(41)57-58-44)33-32-39(48)28-24-9-7-2/h22,25,32-33,39-44,48H,6-21,23-24,26-31,34-38H2,1-5H3/b25-22-,33-32+. The Hall–Kier alpha value is -1.63. The smallest absolute Gasteiger partial charge is 0.306 e. The minimum Gasteiger partial charge on any atom is -0.756 e. The van der Waals surface area contributed by atoms with Gasteiger partial charge in [-0.25, -0.2) is 9.78 Å². The topological polar surface area (TPSA) is 150 Å². The minimum atomic E-state index is -4.67. The Morgan fingerprint density at radius 2 is 1.34 bits per heavy atom. The molecule has 1 saturated carbocycles. The summed E-state index contributed by atoms with van der Waals surface area (Å²) in [4.78, 5) is 48.9. The molecule has 1 N–H and O–H groups in total. The number of fused-ring (bicyclic) bond motifs is 2. The summed E-state index contributed by atoms with van der Waals surface area (Å²) in [6.07, 6.45) is 32.3. The maximum atomic E-state index is 12.8. The summed E-state index contributed by atoms with van der Waals surface area (Å²) in [6.45, 7) is 3.98. The van der Waals surface area contributed by atoms with Crippen LogP contribution in [0.4, 0.5) is 0 Å². The molecule has 0 aromatic carbocycles. The van der Waals surface area contributed by atoms with Gasteiger partial charge in [0.15, 0.2) is 6.10 Å². The van der Waals surface area contributed by atoms with Gasteiger partial charge in [-0.3, -0.25) is 14.2 Å². The van der Waals surface area contributed by atoms with Crippen molar-refractivity contribution < 1.29 is 56.9 Å². The van der Waals surface area contributed by atoms with Gasteiger partial charge in [0.1, 0.15) is 25.9 Å². The van der Waals surface area contributed by atoms with E-state index in [2.05, 4.69) is 26.0 Å². The van der Waals surface area contributed by atoms with E-state index in [1.807, 2.05) is 33.3 Å². The highest BCUT2D eigenvalue weighted by atomic mass is 31.2. The Morgan fingerprint density at radius 1 is 0.763 bits per heavy atom. The van der Waals surface area contributed by atoms with Gasteiger partial charge >= 0.3 is 11.9 Å². The number of phosphoric ester groups is 1. The van der Waals surface area contributed by atoms with Crippen LogP contribution in [0.15, 0.2) is 24.3 Å². The lowest BCUT2D eigenvalue weighted by Gasteiger charge is -2.28. The Bertz CT molecular complexity index is 1210. The highest BCUT2D eigenvalue weighted by Crippen LogP contribution is 2.45. The predicted molar refractivity (Wildman–Crippen MR) is 231 cm³/mol. The number of unbranched alkanes of at least 4 members (excludes halogenated alkanes) is 17. The molecule has 2 rings (SSSR count). The van der Waals surface area contributed by atoms with Crippen molar-refractivity contribution in [1.82, 2.24) is 0 Å². The number of esters is 2. The lowest BCUT2D eigenvalue weighted by Crippen LogP contribution is -2.37. The van der Waals surface area contributed by atoms with Gasteiger partial charge in [-0.2, -0.15) is 0 Å². The molecule has 13 heteroatoms.